The maximum absolute atomic E-state index is 12.4. The minimum Gasteiger partial charge on any atom is -0.481 e. The minimum atomic E-state index is -1.30. The van der Waals surface area contributed by atoms with E-state index in [9.17, 15) is 19.5 Å². The van der Waals surface area contributed by atoms with Gasteiger partial charge in [-0.2, -0.15) is 9.97 Å². The average molecular weight is 969 g/mol. The molecule has 0 saturated carbocycles. The van der Waals surface area contributed by atoms with Gasteiger partial charge in [0.25, 0.3) is 5.91 Å². The zero-order chi connectivity index (χ0) is 38.9. The number of nitrogens with zero attached hydrogens (tertiary/aromatic N) is 11. The smallest absolute Gasteiger partial charge is 0.326 e. The fourth-order valence-corrected chi connectivity index (χ4v) is 5.11. The second kappa shape index (κ2) is 18.6. The van der Waals surface area contributed by atoms with Gasteiger partial charge in [-0.05, 0) is 30.7 Å². The molecule has 0 saturated heterocycles. The van der Waals surface area contributed by atoms with Crippen molar-refractivity contribution in [1.82, 2.24) is 64.1 Å². The van der Waals surface area contributed by atoms with E-state index in [1.165, 1.54) is 24.8 Å². The third kappa shape index (κ3) is 10.8. The molecule has 0 unspecified atom stereocenters. The number of H-pyrrole nitrogens is 2. The Kier molecular flexibility index (Phi) is 14.0. The van der Waals surface area contributed by atoms with Gasteiger partial charge in [0.05, 0.1) is 31.0 Å². The van der Waals surface area contributed by atoms with E-state index >= 15 is 0 Å². The molecule has 0 bridgehead atoms. The van der Waals surface area contributed by atoms with Gasteiger partial charge in [0.2, 0.25) is 11.9 Å². The first-order chi connectivity index (χ1) is 25.8. The Bertz CT molecular complexity index is 2510. The van der Waals surface area contributed by atoms with Crippen LogP contribution in [0, 0.1) is 4.64 Å². The molecule has 1 aromatic carbocycles. The zero-order valence-corrected chi connectivity index (χ0v) is 32.3. The number of hydrogen-bond acceptors (Lipinski definition) is 18. The number of carboxylic acid groups (broad SMARTS) is 2. The van der Waals surface area contributed by atoms with Crippen molar-refractivity contribution in [3.05, 3.63) is 71.5 Å². The molecule has 288 valence electrons. The Hall–Kier alpha value is -6.39. The first kappa shape index (κ1) is 41.4. The first-order valence-electron chi connectivity index (χ1n) is 15.4. The molecular formula is C30H31N17O5PtS2. The molecule has 0 fully saturated rings. The summed E-state index contributed by atoms with van der Waals surface area (Å²) in [5, 5.41) is 20.2. The fourth-order valence-electron chi connectivity index (χ4n) is 4.65. The van der Waals surface area contributed by atoms with Gasteiger partial charge in [-0.3, -0.25) is 13.6 Å². The number of carbonyl (C=O) groups is 3. The number of thiol groups is 1. The molecular weight excluding hydrogens is 938 g/mol. The van der Waals surface area contributed by atoms with E-state index in [0.29, 0.717) is 39.2 Å². The van der Waals surface area contributed by atoms with E-state index in [1.54, 1.807) is 34.8 Å². The Morgan fingerprint density at radius 2 is 1.76 bits per heavy atom. The van der Waals surface area contributed by atoms with Gasteiger partial charge in [0.1, 0.15) is 29.7 Å². The summed E-state index contributed by atoms with van der Waals surface area (Å²) in [6, 6.07) is 5.16. The summed E-state index contributed by atoms with van der Waals surface area (Å²) in [5.74, 6) is -2.62. The third-order valence-electron chi connectivity index (χ3n) is 7.24. The molecule has 7 aromatic rings. The van der Waals surface area contributed by atoms with Crippen molar-refractivity contribution in [1.29, 1.82) is 0 Å². The normalized spacial score (nSPS) is 11.0. The van der Waals surface area contributed by atoms with Gasteiger partial charge in [-0.1, -0.05) is 25.0 Å². The summed E-state index contributed by atoms with van der Waals surface area (Å²) in [4.78, 5) is 77.8. The van der Waals surface area contributed by atoms with Crippen LogP contribution in [0.2, 0.25) is 0 Å². The van der Waals surface area contributed by atoms with Gasteiger partial charge in [0.15, 0.2) is 32.9 Å². The Balaban J connectivity index is 0.000000245. The van der Waals surface area contributed by atoms with Gasteiger partial charge < -0.3 is 47.6 Å². The summed E-state index contributed by atoms with van der Waals surface area (Å²) < 4.78 is 1.99. The molecule has 7 rings (SSSR count). The van der Waals surface area contributed by atoms with E-state index in [-0.39, 0.29) is 57.2 Å². The number of hydrogen-bond donors (Lipinski definition) is 9. The third-order valence-corrected chi connectivity index (χ3v) is 7.83. The number of rotatable bonds is 9. The van der Waals surface area contributed by atoms with E-state index in [0.717, 1.165) is 16.9 Å². The van der Waals surface area contributed by atoms with Gasteiger partial charge >= 0.3 is 11.9 Å². The van der Waals surface area contributed by atoms with Crippen LogP contribution in [0.1, 0.15) is 28.9 Å². The van der Waals surface area contributed by atoms with Crippen molar-refractivity contribution in [3.63, 3.8) is 0 Å². The molecule has 1 amide bonds. The second-order valence-electron chi connectivity index (χ2n) is 11.1. The van der Waals surface area contributed by atoms with E-state index in [4.69, 9.17) is 34.5 Å². The van der Waals surface area contributed by atoms with Crippen LogP contribution in [0.5, 0.6) is 0 Å². The van der Waals surface area contributed by atoms with Crippen molar-refractivity contribution in [2.75, 3.05) is 29.1 Å². The number of benzene rings is 1. The number of aliphatic carboxylic acids is 2. The Morgan fingerprint density at radius 3 is 2.45 bits per heavy atom. The van der Waals surface area contributed by atoms with Gasteiger partial charge in [-0.25, -0.2) is 39.7 Å². The SMILES string of the molecule is CN(Cc1cnc2nc(N)nc(N)c2n1)c1ccc(C(=O)N[C@@H](CCC(=O)O)C(=O)O)cc1.Nc1nc(=S)c2[nH]cnc2[nH]1.Sn1cnc2cncnc21.[Pt]. The average Bonchev–Trinajstić information content (AvgIpc) is 3.77. The van der Waals surface area contributed by atoms with E-state index in [2.05, 4.69) is 73.0 Å². The largest absolute Gasteiger partial charge is 0.481 e. The van der Waals surface area contributed by atoms with Crippen LogP contribution in [0.25, 0.3) is 33.5 Å². The van der Waals surface area contributed by atoms with E-state index < -0.39 is 23.9 Å². The number of anilines is 4. The molecule has 0 aliphatic rings. The quantitative estimate of drug-likeness (QED) is 0.0729. The van der Waals surface area contributed by atoms with Crippen LogP contribution >= 0.6 is 25.0 Å². The van der Waals surface area contributed by atoms with Crippen LogP contribution in [0.3, 0.4) is 0 Å². The summed E-state index contributed by atoms with van der Waals surface area (Å²) in [6.45, 7) is 0.370. The van der Waals surface area contributed by atoms with Crippen molar-refractivity contribution >= 4 is 99.8 Å². The fraction of sp³-hybridized carbons (Fsp3) is 0.167. The predicted octanol–water partition coefficient (Wildman–Crippen LogP) is 1.38. The standard InChI is InChI=1S/C20H22N8O5.C5H5N5S.C5H4N4S.Pt/c1-28(9-11-8-23-17-15(24-11)16(21)26-20(22)27-17)12-4-2-10(3-5-12)18(31)25-13(19(32)33)6-7-14(29)30;6-5-9-3-2(4(11)10-5)7-1-8-3;10-9-3-8-4-1-6-2-7-5(4)9;/h2-5,8,13H,6-7,9H2,1H3,(H,25,31)(H,29,30)(H,32,33)(H4,21,22,23,26,27);1H,(H4,6,7,8,9,10,11);1-3,10H;/t13-;;;/m0.../s1. The number of imidazole rings is 2. The Morgan fingerprint density at radius 1 is 1.02 bits per heavy atom. The monoisotopic (exact) mass is 968 g/mol. The number of nitrogen functional groups attached to an aromatic ring is 3. The number of amides is 1. The maximum atomic E-state index is 12.4. The molecule has 22 nitrogen and oxygen atoms in total. The number of aromatic amines is 2. The maximum Gasteiger partial charge on any atom is 0.326 e. The molecule has 25 heteroatoms. The van der Waals surface area contributed by atoms with Crippen LogP contribution in [-0.2, 0) is 37.2 Å². The van der Waals surface area contributed by atoms with Crippen molar-refractivity contribution in [3.8, 4) is 0 Å². The summed E-state index contributed by atoms with van der Waals surface area (Å²) in [6.07, 6.45) is 7.21. The van der Waals surface area contributed by atoms with Crippen LogP contribution in [-0.4, -0.2) is 99.9 Å². The summed E-state index contributed by atoms with van der Waals surface area (Å²) >= 11 is 8.98. The molecule has 0 radical (unpaired) electrons. The van der Waals surface area contributed by atoms with Crippen LogP contribution in [0.4, 0.5) is 23.4 Å². The minimum absolute atomic E-state index is 0. The van der Waals surface area contributed by atoms with Gasteiger partial charge in [-0.15, -0.1) is 0 Å². The number of nitrogens with two attached hydrogens (primary N) is 3. The number of carbonyl (C=O) groups excluding carboxylic acids is 1. The topological polar surface area (TPSA) is 338 Å². The molecule has 6 aromatic heterocycles. The number of carboxylic acids is 2. The zero-order valence-electron chi connectivity index (χ0n) is 28.3. The van der Waals surface area contributed by atoms with Gasteiger partial charge in [0, 0.05) is 45.8 Å². The molecule has 1 atom stereocenters. The Labute approximate surface area is 334 Å². The van der Waals surface area contributed by atoms with Crippen molar-refractivity contribution in [2.45, 2.75) is 25.4 Å². The van der Waals surface area contributed by atoms with Crippen molar-refractivity contribution in [2.24, 2.45) is 0 Å². The predicted molar refractivity (Wildman–Crippen MR) is 201 cm³/mol. The second-order valence-corrected chi connectivity index (χ2v) is 11.9. The number of aromatic nitrogens is 12. The summed E-state index contributed by atoms with van der Waals surface area (Å²) in [7, 11) is 1.82. The molecule has 0 aliphatic carbocycles. The summed E-state index contributed by atoms with van der Waals surface area (Å²) in [5.41, 5.74) is 21.9. The molecule has 55 heavy (non-hydrogen) atoms. The first-order valence-corrected chi connectivity index (χ1v) is 16.2. The van der Waals surface area contributed by atoms with Crippen LogP contribution in [0.15, 0.2) is 55.6 Å². The molecule has 11 N–H and O–H groups in total. The van der Waals surface area contributed by atoms with Crippen LogP contribution < -0.4 is 27.4 Å². The molecule has 6 heterocycles. The number of fused-ring (bicyclic) bond motifs is 3. The van der Waals surface area contributed by atoms with E-state index in [1.807, 2.05) is 11.9 Å². The van der Waals surface area contributed by atoms with Crippen molar-refractivity contribution < 1.29 is 45.7 Å². The molecule has 0 aliphatic heterocycles. The number of nitrogens with one attached hydrogen (secondary N) is 3. The molecule has 0 spiro atoms.